The smallest absolute Gasteiger partial charge is 0.228 e. The van der Waals surface area contributed by atoms with Crippen LogP contribution in [0.4, 0.5) is 5.69 Å². The number of hydrogen-bond donors (Lipinski definition) is 2. The summed E-state index contributed by atoms with van der Waals surface area (Å²) in [6.07, 6.45) is 3.49. The molecule has 1 amide bonds. The number of amides is 1. The van der Waals surface area contributed by atoms with Gasteiger partial charge in [-0.15, -0.1) is 0 Å². The van der Waals surface area contributed by atoms with Gasteiger partial charge in [0.05, 0.1) is 17.9 Å². The van der Waals surface area contributed by atoms with Crippen molar-refractivity contribution in [1.29, 1.82) is 5.26 Å². The van der Waals surface area contributed by atoms with Crippen LogP contribution in [-0.2, 0) is 17.6 Å². The molecule has 1 aliphatic carbocycles. The SMILES string of the molecule is N#CC1(CNCCc2ccc3c(c2)CC(=O)N3)CC1. The average molecular weight is 255 g/mol. The standard InChI is InChI=1S/C15H17N3O/c16-9-15(4-5-15)10-17-6-3-11-1-2-13-12(7-11)8-14(19)18-13/h1-2,7,17H,3-6,8,10H2,(H,18,19). The summed E-state index contributed by atoms with van der Waals surface area (Å²) in [5.74, 6) is 0.0787. The van der Waals surface area contributed by atoms with Gasteiger partial charge >= 0.3 is 0 Å². The van der Waals surface area contributed by atoms with Gasteiger partial charge in [-0.25, -0.2) is 0 Å². The first-order valence-electron chi connectivity index (χ1n) is 6.74. The van der Waals surface area contributed by atoms with Gasteiger partial charge in [0.25, 0.3) is 0 Å². The van der Waals surface area contributed by atoms with E-state index in [2.05, 4.69) is 28.8 Å². The molecule has 98 valence electrons. The normalized spacial score (nSPS) is 18.6. The Hall–Kier alpha value is -1.86. The highest BCUT2D eigenvalue weighted by Gasteiger charge is 2.42. The van der Waals surface area contributed by atoms with E-state index in [1.165, 1.54) is 5.56 Å². The number of carbonyl (C=O) groups is 1. The summed E-state index contributed by atoms with van der Waals surface area (Å²) in [5, 5.41) is 15.2. The zero-order chi connectivity index (χ0) is 13.3. The van der Waals surface area contributed by atoms with Gasteiger partial charge < -0.3 is 10.6 Å². The lowest BCUT2D eigenvalue weighted by molar-refractivity contribution is -0.115. The average Bonchev–Trinajstić information content (AvgIpc) is 3.09. The minimum atomic E-state index is -0.0751. The maximum atomic E-state index is 11.3. The maximum Gasteiger partial charge on any atom is 0.228 e. The Morgan fingerprint density at radius 2 is 2.26 bits per heavy atom. The number of nitrogens with zero attached hydrogens (tertiary/aromatic N) is 1. The topological polar surface area (TPSA) is 64.9 Å². The molecule has 0 atom stereocenters. The first kappa shape index (κ1) is 12.2. The van der Waals surface area contributed by atoms with Crippen molar-refractivity contribution < 1.29 is 4.79 Å². The first-order chi connectivity index (χ1) is 9.21. The minimum Gasteiger partial charge on any atom is -0.326 e. The molecule has 1 heterocycles. The lowest BCUT2D eigenvalue weighted by Crippen LogP contribution is -2.25. The molecule has 19 heavy (non-hydrogen) atoms. The van der Waals surface area contributed by atoms with Gasteiger partial charge in [0, 0.05) is 12.2 Å². The molecule has 1 aliphatic heterocycles. The van der Waals surface area contributed by atoms with Gasteiger partial charge in [0.1, 0.15) is 0 Å². The third-order valence-electron chi connectivity index (χ3n) is 3.94. The summed E-state index contributed by atoms with van der Waals surface area (Å²) in [6.45, 7) is 1.68. The summed E-state index contributed by atoms with van der Waals surface area (Å²) in [6, 6.07) is 8.52. The lowest BCUT2D eigenvalue weighted by Gasteiger charge is -2.08. The van der Waals surface area contributed by atoms with E-state index in [1.807, 2.05) is 6.07 Å². The van der Waals surface area contributed by atoms with E-state index in [0.717, 1.165) is 43.6 Å². The van der Waals surface area contributed by atoms with Crippen molar-refractivity contribution in [2.75, 3.05) is 18.4 Å². The summed E-state index contributed by atoms with van der Waals surface area (Å²) in [5.41, 5.74) is 3.21. The summed E-state index contributed by atoms with van der Waals surface area (Å²) >= 11 is 0. The van der Waals surface area contributed by atoms with Crippen molar-refractivity contribution in [3.8, 4) is 6.07 Å². The van der Waals surface area contributed by atoms with Gasteiger partial charge in [0.2, 0.25) is 5.91 Å². The van der Waals surface area contributed by atoms with Gasteiger partial charge in [-0.3, -0.25) is 4.79 Å². The van der Waals surface area contributed by atoms with Gasteiger partial charge in [0.15, 0.2) is 0 Å². The van der Waals surface area contributed by atoms with E-state index in [9.17, 15) is 4.79 Å². The summed E-state index contributed by atoms with van der Waals surface area (Å²) in [4.78, 5) is 11.3. The Morgan fingerprint density at radius 1 is 1.42 bits per heavy atom. The molecule has 0 saturated heterocycles. The second-order valence-corrected chi connectivity index (χ2v) is 5.54. The number of fused-ring (bicyclic) bond motifs is 1. The number of benzene rings is 1. The zero-order valence-electron chi connectivity index (χ0n) is 10.8. The second kappa shape index (κ2) is 4.67. The highest BCUT2D eigenvalue weighted by Crippen LogP contribution is 2.43. The predicted octanol–water partition coefficient (Wildman–Crippen LogP) is 1.62. The number of anilines is 1. The van der Waals surface area contributed by atoms with E-state index in [0.29, 0.717) is 6.42 Å². The predicted molar refractivity (Wildman–Crippen MR) is 72.6 cm³/mol. The monoisotopic (exact) mass is 255 g/mol. The van der Waals surface area contributed by atoms with Crippen LogP contribution in [0.2, 0.25) is 0 Å². The largest absolute Gasteiger partial charge is 0.326 e. The van der Waals surface area contributed by atoms with Crippen LogP contribution in [0.1, 0.15) is 24.0 Å². The molecule has 1 fully saturated rings. The third kappa shape index (κ3) is 2.61. The molecule has 1 aromatic rings. The lowest BCUT2D eigenvalue weighted by atomic mass is 10.1. The van der Waals surface area contributed by atoms with Crippen molar-refractivity contribution in [2.24, 2.45) is 5.41 Å². The Labute approximate surface area is 112 Å². The number of nitrogens with one attached hydrogen (secondary N) is 2. The van der Waals surface area contributed by atoms with Crippen LogP contribution in [0.5, 0.6) is 0 Å². The van der Waals surface area contributed by atoms with E-state index >= 15 is 0 Å². The van der Waals surface area contributed by atoms with Crippen molar-refractivity contribution in [3.63, 3.8) is 0 Å². The molecule has 2 aliphatic rings. The van der Waals surface area contributed by atoms with Crippen LogP contribution >= 0.6 is 0 Å². The second-order valence-electron chi connectivity index (χ2n) is 5.54. The number of rotatable bonds is 5. The van der Waals surface area contributed by atoms with E-state index in [1.54, 1.807) is 0 Å². The van der Waals surface area contributed by atoms with Crippen molar-refractivity contribution in [1.82, 2.24) is 5.32 Å². The van der Waals surface area contributed by atoms with E-state index in [-0.39, 0.29) is 11.3 Å². The number of carbonyl (C=O) groups excluding carboxylic acids is 1. The Kier molecular flexibility index (Phi) is 3.00. The van der Waals surface area contributed by atoms with Gasteiger partial charge in [-0.2, -0.15) is 5.26 Å². The van der Waals surface area contributed by atoms with Crippen LogP contribution in [0.25, 0.3) is 0 Å². The molecule has 1 aromatic carbocycles. The molecule has 0 bridgehead atoms. The third-order valence-corrected chi connectivity index (χ3v) is 3.94. The fourth-order valence-corrected chi connectivity index (χ4v) is 2.48. The summed E-state index contributed by atoms with van der Waals surface area (Å²) < 4.78 is 0. The van der Waals surface area contributed by atoms with Crippen LogP contribution in [0, 0.1) is 16.7 Å². The highest BCUT2D eigenvalue weighted by atomic mass is 16.1. The molecule has 1 saturated carbocycles. The van der Waals surface area contributed by atoms with Gasteiger partial charge in [-0.05, 0) is 43.0 Å². The molecular formula is C15H17N3O. The highest BCUT2D eigenvalue weighted by molar-refractivity contribution is 5.99. The quantitative estimate of drug-likeness (QED) is 0.786. The van der Waals surface area contributed by atoms with Crippen LogP contribution in [0.3, 0.4) is 0 Å². The van der Waals surface area contributed by atoms with E-state index in [4.69, 9.17) is 5.26 Å². The molecule has 3 rings (SSSR count). The van der Waals surface area contributed by atoms with Crippen LogP contribution in [-0.4, -0.2) is 19.0 Å². The zero-order valence-corrected chi connectivity index (χ0v) is 10.8. The van der Waals surface area contributed by atoms with E-state index < -0.39 is 0 Å². The molecular weight excluding hydrogens is 238 g/mol. The van der Waals surface area contributed by atoms with Crippen molar-refractivity contribution in [2.45, 2.75) is 25.7 Å². The number of nitriles is 1. The summed E-state index contributed by atoms with van der Waals surface area (Å²) in [7, 11) is 0. The molecule has 0 radical (unpaired) electrons. The first-order valence-corrected chi connectivity index (χ1v) is 6.74. The molecule has 0 aromatic heterocycles. The Morgan fingerprint density at radius 3 is 3.00 bits per heavy atom. The van der Waals surface area contributed by atoms with Crippen LogP contribution in [0.15, 0.2) is 18.2 Å². The molecule has 4 nitrogen and oxygen atoms in total. The van der Waals surface area contributed by atoms with Crippen LogP contribution < -0.4 is 10.6 Å². The van der Waals surface area contributed by atoms with Crippen molar-refractivity contribution in [3.05, 3.63) is 29.3 Å². The molecule has 0 unspecified atom stereocenters. The maximum absolute atomic E-state index is 11.3. The molecule has 4 heteroatoms. The molecule has 2 N–H and O–H groups in total. The Bertz CT molecular complexity index is 555. The Balaban J connectivity index is 1.50. The minimum absolute atomic E-state index is 0.0751. The fraction of sp³-hybridized carbons (Fsp3) is 0.467. The van der Waals surface area contributed by atoms with Crippen molar-refractivity contribution >= 4 is 11.6 Å². The number of hydrogen-bond acceptors (Lipinski definition) is 3. The molecule has 0 spiro atoms. The van der Waals surface area contributed by atoms with Gasteiger partial charge in [-0.1, -0.05) is 12.1 Å². The fourth-order valence-electron chi connectivity index (χ4n) is 2.48.